The molecular weight excluding hydrogens is 448 g/mol. The topological polar surface area (TPSA) is 123 Å². The number of amides is 3. The molecule has 0 heterocycles. The van der Waals surface area contributed by atoms with Crippen molar-refractivity contribution in [2.45, 2.75) is 51.6 Å². The molecule has 0 aliphatic rings. The SMILES string of the molecule is [2H]N[C@@H](Cc1ccccc1)C(=O)NC(OCc1ccccc1)C(=O)N[C@@H](CC(C)C)C(=O)N(C)OC. The van der Waals surface area contributed by atoms with Crippen molar-refractivity contribution in [2.75, 3.05) is 14.2 Å². The molecule has 190 valence electrons. The maximum atomic E-state index is 13.2. The van der Waals surface area contributed by atoms with E-state index in [9.17, 15) is 14.4 Å². The van der Waals surface area contributed by atoms with Crippen LogP contribution in [0.4, 0.5) is 0 Å². The molecule has 35 heavy (non-hydrogen) atoms. The van der Waals surface area contributed by atoms with Crippen LogP contribution in [0.25, 0.3) is 0 Å². The Morgan fingerprint density at radius 2 is 1.57 bits per heavy atom. The lowest BCUT2D eigenvalue weighted by Gasteiger charge is -2.27. The van der Waals surface area contributed by atoms with Crippen molar-refractivity contribution in [2.24, 2.45) is 11.6 Å². The van der Waals surface area contributed by atoms with Gasteiger partial charge in [0.2, 0.25) is 12.1 Å². The molecule has 0 aliphatic heterocycles. The van der Waals surface area contributed by atoms with Crippen molar-refractivity contribution in [1.82, 2.24) is 15.7 Å². The zero-order valence-electron chi connectivity index (χ0n) is 21.7. The Kier molecular flexibility index (Phi) is 10.7. The molecule has 1 unspecified atom stereocenters. The monoisotopic (exact) mass is 485 g/mol. The number of hydrogen-bond donors (Lipinski definition) is 3. The van der Waals surface area contributed by atoms with Gasteiger partial charge >= 0.3 is 0 Å². The van der Waals surface area contributed by atoms with Crippen molar-refractivity contribution in [3.8, 4) is 0 Å². The second-order valence-electron chi connectivity index (χ2n) is 8.64. The minimum absolute atomic E-state index is 0.0532. The van der Waals surface area contributed by atoms with E-state index in [1.807, 2.05) is 74.5 Å². The first-order valence-corrected chi connectivity index (χ1v) is 11.5. The molecule has 0 saturated heterocycles. The number of hydrogen-bond acceptors (Lipinski definition) is 6. The summed E-state index contributed by atoms with van der Waals surface area (Å²) in [4.78, 5) is 44.0. The largest absolute Gasteiger partial charge is 0.345 e. The van der Waals surface area contributed by atoms with Gasteiger partial charge in [0.25, 0.3) is 11.8 Å². The second kappa shape index (κ2) is 14.2. The van der Waals surface area contributed by atoms with E-state index in [1.54, 1.807) is 0 Å². The molecule has 0 saturated carbocycles. The number of nitrogens with zero attached hydrogens (tertiary/aromatic N) is 1. The van der Waals surface area contributed by atoms with E-state index in [2.05, 4.69) is 16.4 Å². The molecule has 0 fully saturated rings. The molecule has 2 aromatic rings. The first kappa shape index (κ1) is 26.3. The number of hydroxylamine groups is 2. The van der Waals surface area contributed by atoms with Crippen LogP contribution in [-0.4, -0.2) is 55.3 Å². The average molecular weight is 486 g/mol. The molecule has 4 N–H and O–H groups in total. The minimum Gasteiger partial charge on any atom is -0.345 e. The summed E-state index contributed by atoms with van der Waals surface area (Å²) in [6.45, 7) is 3.91. The third-order valence-corrected chi connectivity index (χ3v) is 5.28. The van der Waals surface area contributed by atoms with E-state index < -0.39 is 36.0 Å². The Morgan fingerprint density at radius 3 is 2.11 bits per heavy atom. The maximum Gasteiger partial charge on any atom is 0.270 e. The molecule has 9 nitrogen and oxygen atoms in total. The quantitative estimate of drug-likeness (QED) is 0.277. The van der Waals surface area contributed by atoms with Gasteiger partial charge in [-0.3, -0.25) is 19.2 Å². The number of carbonyl (C=O) groups is 3. The molecule has 9 heteroatoms. The zero-order chi connectivity index (χ0) is 26.5. The van der Waals surface area contributed by atoms with Gasteiger partial charge in [-0.15, -0.1) is 0 Å². The Hall–Kier alpha value is -3.27. The third-order valence-electron chi connectivity index (χ3n) is 5.28. The predicted octanol–water partition coefficient (Wildman–Crippen LogP) is 1.77. The van der Waals surface area contributed by atoms with Crippen molar-refractivity contribution in [1.29, 1.82) is 0 Å². The third kappa shape index (κ3) is 9.48. The molecule has 0 bridgehead atoms. The summed E-state index contributed by atoms with van der Waals surface area (Å²) in [5, 5.41) is 6.33. The zero-order valence-corrected chi connectivity index (χ0v) is 20.7. The normalized spacial score (nSPS) is 13.9. The van der Waals surface area contributed by atoms with Gasteiger partial charge in [0, 0.05) is 7.05 Å². The number of nitrogens with one attached hydrogen (secondary N) is 2. The molecule has 0 aromatic heterocycles. The molecule has 2 aromatic carbocycles. The molecule has 0 radical (unpaired) electrons. The summed E-state index contributed by atoms with van der Waals surface area (Å²) in [7, 11) is 2.82. The van der Waals surface area contributed by atoms with Crippen LogP contribution in [-0.2, 0) is 37.0 Å². The van der Waals surface area contributed by atoms with Crippen LogP contribution in [0, 0.1) is 5.92 Å². The number of nitrogens with two attached hydrogens (primary N) is 1. The van der Waals surface area contributed by atoms with Crippen LogP contribution in [0.2, 0.25) is 1.41 Å². The van der Waals surface area contributed by atoms with Gasteiger partial charge in [0.15, 0.2) is 0 Å². The maximum absolute atomic E-state index is 13.2. The Morgan fingerprint density at radius 1 is 0.971 bits per heavy atom. The van der Waals surface area contributed by atoms with Crippen molar-refractivity contribution >= 4 is 17.7 Å². The van der Waals surface area contributed by atoms with E-state index in [0.717, 1.165) is 16.2 Å². The second-order valence-corrected chi connectivity index (χ2v) is 8.64. The fraction of sp³-hybridized carbons (Fsp3) is 0.423. The number of ether oxygens (including phenoxy) is 1. The summed E-state index contributed by atoms with van der Waals surface area (Å²) < 4.78 is 13.4. The molecule has 3 atom stereocenters. The first-order valence-electron chi connectivity index (χ1n) is 12.0. The predicted molar refractivity (Wildman–Crippen MR) is 132 cm³/mol. The Balaban J connectivity index is 2.19. The minimum atomic E-state index is -1.39. The Labute approximate surface area is 208 Å². The van der Waals surface area contributed by atoms with Crippen LogP contribution in [0.1, 0.15) is 31.4 Å². The van der Waals surface area contributed by atoms with E-state index in [0.29, 0.717) is 6.42 Å². The van der Waals surface area contributed by atoms with Gasteiger partial charge in [-0.25, -0.2) is 5.06 Å². The van der Waals surface area contributed by atoms with Crippen LogP contribution in [0.5, 0.6) is 0 Å². The van der Waals surface area contributed by atoms with Crippen LogP contribution in [0.3, 0.4) is 0 Å². The Bertz CT molecular complexity index is 961. The molecule has 0 spiro atoms. The number of carbonyl (C=O) groups excluding carboxylic acids is 3. The highest BCUT2D eigenvalue weighted by molar-refractivity contribution is 5.92. The summed E-state index contributed by atoms with van der Waals surface area (Å²) in [5.41, 5.74) is 3.91. The molecular formula is C26H36N4O5. The molecule has 2 rings (SSSR count). The fourth-order valence-electron chi connectivity index (χ4n) is 3.36. The lowest BCUT2D eigenvalue weighted by atomic mass is 10.0. The van der Waals surface area contributed by atoms with E-state index in [-0.39, 0.29) is 18.9 Å². The van der Waals surface area contributed by atoms with Crippen molar-refractivity contribution < 1.29 is 25.4 Å². The standard InChI is InChI=1S/C26H36N4O5/c1-18(2)15-22(26(33)30(3)34-4)28-24(32)25(35-17-20-13-9-6-10-14-20)29-23(31)21(27)16-19-11-7-5-8-12-19/h5-14,18,21-22,25H,15-17,27H2,1-4H3,(H,28,32)(H,29,31)/t21-,22-,25?/m0/s1/i/hD. The van der Waals surface area contributed by atoms with Gasteiger partial charge in [0.1, 0.15) is 7.45 Å². The van der Waals surface area contributed by atoms with Gasteiger partial charge in [-0.05, 0) is 29.9 Å². The van der Waals surface area contributed by atoms with Gasteiger partial charge < -0.3 is 21.1 Å². The van der Waals surface area contributed by atoms with Gasteiger partial charge in [-0.2, -0.15) is 0 Å². The highest BCUT2D eigenvalue weighted by atomic mass is 16.7. The highest BCUT2D eigenvalue weighted by Crippen LogP contribution is 2.10. The molecule has 3 amide bonds. The van der Waals surface area contributed by atoms with Gasteiger partial charge in [-0.1, -0.05) is 74.5 Å². The number of benzene rings is 2. The summed E-state index contributed by atoms with van der Waals surface area (Å²) in [5.74, 6) is -1.58. The number of rotatable bonds is 14. The van der Waals surface area contributed by atoms with Gasteiger partial charge in [0.05, 0.1) is 19.8 Å². The van der Waals surface area contributed by atoms with Crippen LogP contribution < -0.4 is 16.4 Å². The lowest BCUT2D eigenvalue weighted by molar-refractivity contribution is -0.172. The first-order chi connectivity index (χ1) is 17.2. The van der Waals surface area contributed by atoms with E-state index in [1.165, 1.54) is 14.2 Å². The van der Waals surface area contributed by atoms with Crippen LogP contribution >= 0.6 is 0 Å². The molecule has 0 aliphatic carbocycles. The van der Waals surface area contributed by atoms with Crippen molar-refractivity contribution in [3.05, 3.63) is 71.8 Å². The lowest BCUT2D eigenvalue weighted by Crippen LogP contribution is -2.57. The number of likely N-dealkylation sites (N-methyl/N-ethyl adjacent to an activating group) is 1. The summed E-state index contributed by atoms with van der Waals surface area (Å²) in [6.07, 6.45) is -0.779. The van der Waals surface area contributed by atoms with Crippen molar-refractivity contribution in [3.63, 3.8) is 0 Å². The van der Waals surface area contributed by atoms with Crippen LogP contribution in [0.15, 0.2) is 60.7 Å². The van der Waals surface area contributed by atoms with E-state index in [4.69, 9.17) is 11.0 Å². The highest BCUT2D eigenvalue weighted by Gasteiger charge is 2.30. The fourth-order valence-corrected chi connectivity index (χ4v) is 3.36. The van der Waals surface area contributed by atoms with E-state index >= 15 is 0 Å². The smallest absolute Gasteiger partial charge is 0.270 e. The summed E-state index contributed by atoms with van der Waals surface area (Å²) in [6, 6.07) is 16.6. The average Bonchev–Trinajstić information content (AvgIpc) is 2.88. The summed E-state index contributed by atoms with van der Waals surface area (Å²) >= 11 is 0.